The van der Waals surface area contributed by atoms with E-state index in [9.17, 15) is 9.59 Å². The van der Waals surface area contributed by atoms with Gasteiger partial charge in [0.2, 0.25) is 11.8 Å². The first-order chi connectivity index (χ1) is 10.6. The van der Waals surface area contributed by atoms with Gasteiger partial charge in [0.25, 0.3) is 0 Å². The number of hydrogen-bond acceptors (Lipinski definition) is 3. The molecule has 0 aromatic heterocycles. The van der Waals surface area contributed by atoms with Crippen LogP contribution < -0.4 is 16.4 Å². The zero-order valence-corrected chi connectivity index (χ0v) is 15.4. The van der Waals surface area contributed by atoms with Crippen molar-refractivity contribution in [1.29, 1.82) is 0 Å². The Morgan fingerprint density at radius 3 is 2.13 bits per heavy atom. The average Bonchev–Trinajstić information content (AvgIpc) is 2.49. The van der Waals surface area contributed by atoms with Gasteiger partial charge in [-0.2, -0.15) is 0 Å². The molecule has 0 heterocycles. The van der Waals surface area contributed by atoms with Crippen LogP contribution in [0.1, 0.15) is 60.3 Å². The Labute approximate surface area is 141 Å². The molecule has 23 heavy (non-hydrogen) atoms. The third-order valence-corrected chi connectivity index (χ3v) is 5.10. The lowest BCUT2D eigenvalue weighted by Gasteiger charge is -2.37. The Morgan fingerprint density at radius 2 is 1.65 bits per heavy atom. The first-order valence-electron chi connectivity index (χ1n) is 8.91. The molecule has 0 saturated heterocycles. The molecule has 0 bridgehead atoms. The highest BCUT2D eigenvalue weighted by atomic mass is 16.2. The van der Waals surface area contributed by atoms with Crippen LogP contribution in [0.4, 0.5) is 0 Å². The van der Waals surface area contributed by atoms with Crippen LogP contribution in [-0.4, -0.2) is 30.9 Å². The van der Waals surface area contributed by atoms with Crippen molar-refractivity contribution in [2.45, 2.75) is 66.3 Å². The molecule has 5 heteroatoms. The van der Waals surface area contributed by atoms with Crippen LogP contribution >= 0.6 is 0 Å². The highest BCUT2D eigenvalue weighted by Gasteiger charge is 2.29. The maximum Gasteiger partial charge on any atom is 0.239 e. The molecule has 1 atom stereocenters. The summed E-state index contributed by atoms with van der Waals surface area (Å²) in [7, 11) is 0. The molecule has 0 aliphatic heterocycles. The van der Waals surface area contributed by atoms with E-state index in [4.69, 9.17) is 5.73 Å². The van der Waals surface area contributed by atoms with Crippen LogP contribution in [0.15, 0.2) is 0 Å². The monoisotopic (exact) mass is 325 g/mol. The summed E-state index contributed by atoms with van der Waals surface area (Å²) >= 11 is 0. The fourth-order valence-corrected chi connectivity index (χ4v) is 3.14. The van der Waals surface area contributed by atoms with Crippen LogP contribution in [0.25, 0.3) is 0 Å². The molecule has 1 fully saturated rings. The Bertz CT molecular complexity index is 394. The maximum absolute atomic E-state index is 11.8. The van der Waals surface area contributed by atoms with Gasteiger partial charge in [-0.15, -0.1) is 0 Å². The van der Waals surface area contributed by atoms with E-state index in [0.717, 1.165) is 5.92 Å². The lowest BCUT2D eigenvalue weighted by atomic mass is 9.70. The van der Waals surface area contributed by atoms with Gasteiger partial charge >= 0.3 is 0 Å². The van der Waals surface area contributed by atoms with Crippen molar-refractivity contribution in [3.63, 3.8) is 0 Å². The van der Waals surface area contributed by atoms with Crippen molar-refractivity contribution in [2.75, 3.05) is 13.1 Å². The summed E-state index contributed by atoms with van der Waals surface area (Å²) in [5, 5.41) is 5.54. The first-order valence-corrected chi connectivity index (χ1v) is 8.91. The first kappa shape index (κ1) is 19.9. The Morgan fingerprint density at radius 1 is 1.09 bits per heavy atom. The Kier molecular flexibility index (Phi) is 7.52. The van der Waals surface area contributed by atoms with E-state index in [2.05, 4.69) is 31.4 Å². The SMILES string of the molecule is CC(C)[C@H](N)C(=O)NCC(=O)NCC1CCC(C(C)(C)C)CC1. The molecule has 134 valence electrons. The lowest BCUT2D eigenvalue weighted by Crippen LogP contribution is -2.47. The largest absolute Gasteiger partial charge is 0.354 e. The molecule has 0 unspecified atom stereocenters. The van der Waals surface area contributed by atoms with Crippen molar-refractivity contribution < 1.29 is 9.59 Å². The van der Waals surface area contributed by atoms with E-state index in [1.54, 1.807) is 0 Å². The molecular formula is C18H35N3O2. The smallest absolute Gasteiger partial charge is 0.239 e. The van der Waals surface area contributed by atoms with Crippen molar-refractivity contribution in [1.82, 2.24) is 10.6 Å². The quantitative estimate of drug-likeness (QED) is 0.699. The van der Waals surface area contributed by atoms with Gasteiger partial charge in [-0.1, -0.05) is 34.6 Å². The number of rotatable bonds is 6. The van der Waals surface area contributed by atoms with E-state index in [0.29, 0.717) is 17.9 Å². The molecule has 0 aromatic carbocycles. The summed E-state index contributed by atoms with van der Waals surface area (Å²) in [6.45, 7) is 11.4. The number of nitrogens with one attached hydrogen (secondary N) is 2. The molecule has 1 rings (SSSR count). The summed E-state index contributed by atoms with van der Waals surface area (Å²) in [5.74, 6) is 1.02. The highest BCUT2D eigenvalue weighted by molar-refractivity contribution is 5.87. The van der Waals surface area contributed by atoms with Crippen molar-refractivity contribution in [3.8, 4) is 0 Å². The molecule has 1 aliphatic carbocycles. The molecule has 0 aromatic rings. The van der Waals surface area contributed by atoms with Gasteiger partial charge in [-0.3, -0.25) is 9.59 Å². The second kappa shape index (κ2) is 8.67. The standard InChI is InChI=1S/C18H35N3O2/c1-12(2)16(19)17(23)21-11-15(22)20-10-13-6-8-14(9-7-13)18(3,4)5/h12-14,16H,6-11,19H2,1-5H3,(H,20,22)(H,21,23)/t13?,14?,16-/m0/s1. The van der Waals surface area contributed by atoms with Gasteiger partial charge in [0, 0.05) is 6.54 Å². The molecular weight excluding hydrogens is 290 g/mol. The lowest BCUT2D eigenvalue weighted by molar-refractivity contribution is -0.127. The van der Waals surface area contributed by atoms with Gasteiger partial charge in [0.05, 0.1) is 12.6 Å². The van der Waals surface area contributed by atoms with Gasteiger partial charge in [-0.05, 0) is 48.9 Å². The van der Waals surface area contributed by atoms with E-state index in [-0.39, 0.29) is 24.3 Å². The topological polar surface area (TPSA) is 84.2 Å². The minimum atomic E-state index is -0.560. The normalized spacial score (nSPS) is 23.4. The molecule has 2 amide bonds. The third kappa shape index (κ3) is 6.90. The summed E-state index contributed by atoms with van der Waals surface area (Å²) in [6, 6.07) is -0.560. The average molecular weight is 325 g/mol. The number of nitrogens with two attached hydrogens (primary N) is 1. The minimum Gasteiger partial charge on any atom is -0.354 e. The second-order valence-corrected chi connectivity index (χ2v) is 8.38. The summed E-state index contributed by atoms with van der Waals surface area (Å²) in [4.78, 5) is 23.5. The van der Waals surface area contributed by atoms with E-state index in [1.165, 1.54) is 25.7 Å². The predicted octanol–water partition coefficient (Wildman–Crippen LogP) is 2.05. The van der Waals surface area contributed by atoms with Gasteiger partial charge in [0.1, 0.15) is 0 Å². The second-order valence-electron chi connectivity index (χ2n) is 8.38. The van der Waals surface area contributed by atoms with Crippen LogP contribution in [0.5, 0.6) is 0 Å². The number of carbonyl (C=O) groups excluding carboxylic acids is 2. The fourth-order valence-electron chi connectivity index (χ4n) is 3.14. The number of hydrogen-bond donors (Lipinski definition) is 3. The summed E-state index contributed by atoms with van der Waals surface area (Å²) in [5.41, 5.74) is 6.12. The summed E-state index contributed by atoms with van der Waals surface area (Å²) < 4.78 is 0. The van der Waals surface area contributed by atoms with E-state index >= 15 is 0 Å². The van der Waals surface area contributed by atoms with E-state index in [1.807, 2.05) is 13.8 Å². The number of amides is 2. The molecule has 4 N–H and O–H groups in total. The molecule has 5 nitrogen and oxygen atoms in total. The Balaban J connectivity index is 2.21. The maximum atomic E-state index is 11.8. The van der Waals surface area contributed by atoms with Crippen LogP contribution in [0.2, 0.25) is 0 Å². The number of carbonyl (C=O) groups is 2. The highest BCUT2D eigenvalue weighted by Crippen LogP contribution is 2.39. The summed E-state index contributed by atoms with van der Waals surface area (Å²) in [6.07, 6.45) is 4.83. The van der Waals surface area contributed by atoms with E-state index < -0.39 is 6.04 Å². The zero-order chi connectivity index (χ0) is 17.6. The predicted molar refractivity (Wildman–Crippen MR) is 93.7 cm³/mol. The molecule has 1 saturated carbocycles. The zero-order valence-electron chi connectivity index (χ0n) is 15.4. The molecule has 0 spiro atoms. The van der Waals surface area contributed by atoms with Gasteiger partial charge < -0.3 is 16.4 Å². The Hall–Kier alpha value is -1.10. The minimum absolute atomic E-state index is 0.0105. The van der Waals surface area contributed by atoms with Crippen molar-refractivity contribution in [2.24, 2.45) is 28.9 Å². The van der Waals surface area contributed by atoms with Crippen molar-refractivity contribution in [3.05, 3.63) is 0 Å². The third-order valence-electron chi connectivity index (χ3n) is 5.10. The van der Waals surface area contributed by atoms with Gasteiger partial charge in [-0.25, -0.2) is 0 Å². The van der Waals surface area contributed by atoms with Crippen LogP contribution in [-0.2, 0) is 9.59 Å². The van der Waals surface area contributed by atoms with Crippen LogP contribution in [0.3, 0.4) is 0 Å². The van der Waals surface area contributed by atoms with Crippen LogP contribution in [0, 0.1) is 23.2 Å². The molecule has 0 radical (unpaired) electrons. The van der Waals surface area contributed by atoms with Crippen molar-refractivity contribution >= 4 is 11.8 Å². The molecule has 1 aliphatic rings. The van der Waals surface area contributed by atoms with Gasteiger partial charge in [0.15, 0.2) is 0 Å². The fraction of sp³-hybridized carbons (Fsp3) is 0.889.